The molecule has 5 heteroatoms. The topological polar surface area (TPSA) is 54.0 Å². The quantitative estimate of drug-likeness (QED) is 0.839. The van der Waals surface area contributed by atoms with Gasteiger partial charge in [0.05, 0.1) is 11.7 Å². The molecular formula is C16H16ClN3O. The molecule has 0 spiro atoms. The largest absolute Gasteiger partial charge is 0.322 e. The van der Waals surface area contributed by atoms with E-state index in [9.17, 15) is 4.79 Å². The van der Waals surface area contributed by atoms with Crippen molar-refractivity contribution < 1.29 is 4.79 Å². The van der Waals surface area contributed by atoms with Gasteiger partial charge in [-0.1, -0.05) is 35.9 Å². The maximum absolute atomic E-state index is 12.4. The summed E-state index contributed by atoms with van der Waals surface area (Å²) >= 11 is 6.05. The maximum Gasteiger partial charge on any atom is 0.241 e. The van der Waals surface area contributed by atoms with E-state index in [4.69, 9.17) is 11.6 Å². The lowest BCUT2D eigenvalue weighted by Gasteiger charge is -2.25. The standard InChI is InChI=1S/C16H16ClN3O/c1-10-6-7-18-15(17)14(10)20-16(21)13-8-11-4-2-3-5-12(11)9-19-13/h2-7,13,19H,8-9H2,1H3,(H,20,21)/t13-/m1/s1. The minimum Gasteiger partial charge on any atom is -0.322 e. The second kappa shape index (κ2) is 5.84. The van der Waals surface area contributed by atoms with E-state index >= 15 is 0 Å². The zero-order valence-electron chi connectivity index (χ0n) is 11.7. The summed E-state index contributed by atoms with van der Waals surface area (Å²) in [6.07, 6.45) is 2.31. The number of hydrogen-bond donors (Lipinski definition) is 2. The summed E-state index contributed by atoms with van der Waals surface area (Å²) in [5.74, 6) is -0.0810. The predicted molar refractivity (Wildman–Crippen MR) is 83.4 cm³/mol. The number of aryl methyl sites for hydroxylation is 1. The van der Waals surface area contributed by atoms with Crippen molar-refractivity contribution in [2.45, 2.75) is 25.9 Å². The molecule has 1 aliphatic heterocycles. The Balaban J connectivity index is 1.76. The first-order valence-corrected chi connectivity index (χ1v) is 7.25. The van der Waals surface area contributed by atoms with E-state index in [1.165, 1.54) is 11.1 Å². The van der Waals surface area contributed by atoms with E-state index in [0.717, 1.165) is 5.56 Å². The van der Waals surface area contributed by atoms with Gasteiger partial charge in [0.15, 0.2) is 5.15 Å². The number of carbonyl (C=O) groups excluding carboxylic acids is 1. The fourth-order valence-electron chi connectivity index (χ4n) is 2.53. The molecule has 4 nitrogen and oxygen atoms in total. The predicted octanol–water partition coefficient (Wildman–Crippen LogP) is 2.70. The summed E-state index contributed by atoms with van der Waals surface area (Å²) in [5, 5.41) is 6.46. The maximum atomic E-state index is 12.4. The van der Waals surface area contributed by atoms with Crippen LogP contribution >= 0.6 is 11.6 Å². The van der Waals surface area contributed by atoms with Gasteiger partial charge in [-0.2, -0.15) is 0 Å². The first-order chi connectivity index (χ1) is 10.1. The summed E-state index contributed by atoms with van der Waals surface area (Å²) in [5.41, 5.74) is 3.95. The van der Waals surface area contributed by atoms with E-state index in [-0.39, 0.29) is 11.9 Å². The van der Waals surface area contributed by atoms with Gasteiger partial charge < -0.3 is 10.6 Å². The highest BCUT2D eigenvalue weighted by Gasteiger charge is 2.24. The first kappa shape index (κ1) is 14.0. The molecule has 1 aromatic carbocycles. The first-order valence-electron chi connectivity index (χ1n) is 6.87. The molecule has 0 radical (unpaired) electrons. The molecule has 108 valence electrons. The van der Waals surface area contributed by atoms with E-state index in [0.29, 0.717) is 23.8 Å². The molecular weight excluding hydrogens is 286 g/mol. The number of benzene rings is 1. The van der Waals surface area contributed by atoms with Gasteiger partial charge in [0, 0.05) is 12.7 Å². The van der Waals surface area contributed by atoms with Crippen LogP contribution in [0.5, 0.6) is 0 Å². The number of nitrogens with zero attached hydrogens (tertiary/aromatic N) is 1. The number of halogens is 1. The third-order valence-electron chi connectivity index (χ3n) is 3.76. The van der Waals surface area contributed by atoms with Crippen molar-refractivity contribution >= 4 is 23.2 Å². The van der Waals surface area contributed by atoms with Crippen LogP contribution in [0.3, 0.4) is 0 Å². The molecule has 1 aromatic heterocycles. The molecule has 3 rings (SSSR count). The molecule has 21 heavy (non-hydrogen) atoms. The Kier molecular flexibility index (Phi) is 3.90. The summed E-state index contributed by atoms with van der Waals surface area (Å²) in [4.78, 5) is 16.4. The zero-order chi connectivity index (χ0) is 14.8. The number of aromatic nitrogens is 1. The van der Waals surface area contributed by atoms with Crippen molar-refractivity contribution in [1.82, 2.24) is 10.3 Å². The van der Waals surface area contributed by atoms with Gasteiger partial charge >= 0.3 is 0 Å². The minimum atomic E-state index is -0.254. The number of pyridine rings is 1. The average Bonchev–Trinajstić information content (AvgIpc) is 2.50. The normalized spacial score (nSPS) is 17.1. The fraction of sp³-hybridized carbons (Fsp3) is 0.250. The van der Waals surface area contributed by atoms with Crippen LogP contribution < -0.4 is 10.6 Å². The van der Waals surface area contributed by atoms with Gasteiger partial charge in [-0.05, 0) is 36.1 Å². The highest BCUT2D eigenvalue weighted by Crippen LogP contribution is 2.24. The third-order valence-corrected chi connectivity index (χ3v) is 4.05. The van der Waals surface area contributed by atoms with Gasteiger partial charge in [0.25, 0.3) is 0 Å². The molecule has 0 saturated heterocycles. The Labute approximate surface area is 128 Å². The van der Waals surface area contributed by atoms with E-state index in [2.05, 4.69) is 27.8 Å². The summed E-state index contributed by atoms with van der Waals surface area (Å²) in [6, 6.07) is 9.74. The highest BCUT2D eigenvalue weighted by atomic mass is 35.5. The van der Waals surface area contributed by atoms with Gasteiger partial charge in [0.1, 0.15) is 0 Å². The Morgan fingerprint density at radius 1 is 1.33 bits per heavy atom. The molecule has 0 aliphatic carbocycles. The van der Waals surface area contributed by atoms with Crippen LogP contribution in [0.2, 0.25) is 5.15 Å². The minimum absolute atomic E-state index is 0.0810. The molecule has 0 fully saturated rings. The lowest BCUT2D eigenvalue weighted by molar-refractivity contribution is -0.118. The van der Waals surface area contributed by atoms with Gasteiger partial charge in [-0.25, -0.2) is 4.98 Å². The van der Waals surface area contributed by atoms with Crippen molar-refractivity contribution in [2.75, 3.05) is 5.32 Å². The SMILES string of the molecule is Cc1ccnc(Cl)c1NC(=O)[C@H]1Cc2ccccc2CN1. The molecule has 1 aliphatic rings. The number of nitrogens with one attached hydrogen (secondary N) is 2. The third kappa shape index (κ3) is 2.91. The number of hydrogen-bond acceptors (Lipinski definition) is 3. The molecule has 0 unspecified atom stereocenters. The molecule has 1 amide bonds. The second-order valence-corrected chi connectivity index (χ2v) is 5.55. The van der Waals surface area contributed by atoms with Crippen LogP contribution in [0.15, 0.2) is 36.5 Å². The molecule has 2 N–H and O–H groups in total. The van der Waals surface area contributed by atoms with Crippen LogP contribution in [0, 0.1) is 6.92 Å². The highest BCUT2D eigenvalue weighted by molar-refractivity contribution is 6.32. The smallest absolute Gasteiger partial charge is 0.241 e. The van der Waals surface area contributed by atoms with Crippen molar-refractivity contribution in [3.05, 3.63) is 58.4 Å². The molecule has 1 atom stereocenters. The van der Waals surface area contributed by atoms with Crippen LogP contribution in [0.4, 0.5) is 5.69 Å². The van der Waals surface area contributed by atoms with Gasteiger partial charge in [0.2, 0.25) is 5.91 Å². The number of anilines is 1. The Morgan fingerprint density at radius 3 is 2.86 bits per heavy atom. The average molecular weight is 302 g/mol. The summed E-state index contributed by atoms with van der Waals surface area (Å²) in [6.45, 7) is 2.60. The van der Waals surface area contributed by atoms with Crippen LogP contribution in [0.25, 0.3) is 0 Å². The van der Waals surface area contributed by atoms with Gasteiger partial charge in [-0.15, -0.1) is 0 Å². The Bertz CT molecular complexity index is 667. The zero-order valence-corrected chi connectivity index (χ0v) is 12.4. The van der Waals surface area contributed by atoms with E-state index < -0.39 is 0 Å². The summed E-state index contributed by atoms with van der Waals surface area (Å²) < 4.78 is 0. The van der Waals surface area contributed by atoms with Crippen molar-refractivity contribution in [3.8, 4) is 0 Å². The van der Waals surface area contributed by atoms with Gasteiger partial charge in [-0.3, -0.25) is 4.79 Å². The molecule has 2 heterocycles. The van der Waals surface area contributed by atoms with E-state index in [1.54, 1.807) is 6.20 Å². The number of rotatable bonds is 2. The Morgan fingerprint density at radius 2 is 2.10 bits per heavy atom. The number of carbonyl (C=O) groups is 1. The summed E-state index contributed by atoms with van der Waals surface area (Å²) in [7, 11) is 0. The number of fused-ring (bicyclic) bond motifs is 1. The van der Waals surface area contributed by atoms with Crippen molar-refractivity contribution in [3.63, 3.8) is 0 Å². The van der Waals surface area contributed by atoms with Crippen LogP contribution in [-0.2, 0) is 17.8 Å². The van der Waals surface area contributed by atoms with Crippen LogP contribution in [0.1, 0.15) is 16.7 Å². The fourth-order valence-corrected chi connectivity index (χ4v) is 2.78. The molecule has 0 saturated carbocycles. The van der Waals surface area contributed by atoms with Crippen molar-refractivity contribution in [1.29, 1.82) is 0 Å². The van der Waals surface area contributed by atoms with Crippen molar-refractivity contribution in [2.24, 2.45) is 0 Å². The van der Waals surface area contributed by atoms with Crippen LogP contribution in [-0.4, -0.2) is 16.9 Å². The van der Waals surface area contributed by atoms with E-state index in [1.807, 2.05) is 25.1 Å². The lowest BCUT2D eigenvalue weighted by atomic mass is 9.95. The Hall–Kier alpha value is -1.91. The number of amides is 1. The second-order valence-electron chi connectivity index (χ2n) is 5.19. The molecule has 2 aromatic rings. The monoisotopic (exact) mass is 301 g/mol. The molecule has 0 bridgehead atoms. The lowest BCUT2D eigenvalue weighted by Crippen LogP contribution is -2.44.